The zero-order chi connectivity index (χ0) is 17.9. The Bertz CT molecular complexity index is 676. The lowest BCUT2D eigenvalue weighted by atomic mass is 10.1. The molecule has 2 rings (SSSR count). The Balaban J connectivity index is 1.62. The highest BCUT2D eigenvalue weighted by molar-refractivity contribution is 5.73. The molecule has 0 heterocycles. The maximum atomic E-state index is 11.8. The molecule has 0 spiro atoms. The van der Waals surface area contributed by atoms with Crippen LogP contribution in [0.25, 0.3) is 0 Å². The largest absolute Gasteiger partial charge is 0.497 e. The van der Waals surface area contributed by atoms with Crippen LogP contribution < -0.4 is 24.8 Å². The van der Waals surface area contributed by atoms with Gasteiger partial charge in [-0.2, -0.15) is 0 Å². The van der Waals surface area contributed by atoms with E-state index in [1.54, 1.807) is 14.2 Å². The molecule has 0 aliphatic heterocycles. The Hall–Kier alpha value is -2.89. The second-order valence-electron chi connectivity index (χ2n) is 5.28. The molecule has 2 aromatic carbocycles. The summed E-state index contributed by atoms with van der Waals surface area (Å²) in [7, 11) is 3.23. The van der Waals surface area contributed by atoms with Crippen LogP contribution in [0.1, 0.15) is 5.56 Å². The van der Waals surface area contributed by atoms with Gasteiger partial charge in [-0.1, -0.05) is 24.3 Å². The van der Waals surface area contributed by atoms with Gasteiger partial charge in [0, 0.05) is 6.54 Å². The molecule has 0 saturated heterocycles. The van der Waals surface area contributed by atoms with Gasteiger partial charge in [0.25, 0.3) is 0 Å². The minimum Gasteiger partial charge on any atom is -0.497 e. The minimum absolute atomic E-state index is 0.216. The van der Waals surface area contributed by atoms with Crippen molar-refractivity contribution < 1.29 is 19.0 Å². The number of urea groups is 1. The summed E-state index contributed by atoms with van der Waals surface area (Å²) in [6.45, 7) is 1.32. The van der Waals surface area contributed by atoms with Crippen LogP contribution in [0.4, 0.5) is 4.79 Å². The fraction of sp³-hybridized carbons (Fsp3) is 0.316. The summed E-state index contributed by atoms with van der Waals surface area (Å²) in [4.78, 5) is 11.8. The summed E-state index contributed by atoms with van der Waals surface area (Å²) in [6.07, 6.45) is 0.738. The zero-order valence-electron chi connectivity index (χ0n) is 14.6. The highest BCUT2D eigenvalue weighted by Gasteiger charge is 2.03. The Morgan fingerprint density at radius 1 is 0.920 bits per heavy atom. The van der Waals surface area contributed by atoms with Crippen LogP contribution in [0, 0.1) is 0 Å². The van der Waals surface area contributed by atoms with E-state index in [1.807, 2.05) is 48.5 Å². The molecule has 6 heteroatoms. The van der Waals surface area contributed by atoms with Gasteiger partial charge in [0.2, 0.25) is 0 Å². The van der Waals surface area contributed by atoms with E-state index in [0.29, 0.717) is 31.2 Å². The molecule has 6 nitrogen and oxygen atoms in total. The fourth-order valence-electron chi connectivity index (χ4n) is 2.27. The van der Waals surface area contributed by atoms with E-state index in [-0.39, 0.29) is 6.03 Å². The van der Waals surface area contributed by atoms with Gasteiger partial charge in [0.05, 0.1) is 20.8 Å². The van der Waals surface area contributed by atoms with Crippen LogP contribution >= 0.6 is 0 Å². The number of rotatable bonds is 9. The number of amides is 2. The van der Waals surface area contributed by atoms with Crippen molar-refractivity contribution in [3.05, 3.63) is 54.1 Å². The van der Waals surface area contributed by atoms with Crippen molar-refractivity contribution in [2.24, 2.45) is 0 Å². The van der Waals surface area contributed by atoms with Crippen LogP contribution in [-0.2, 0) is 6.42 Å². The van der Waals surface area contributed by atoms with Crippen molar-refractivity contribution in [3.63, 3.8) is 0 Å². The summed E-state index contributed by atoms with van der Waals surface area (Å²) >= 11 is 0. The third kappa shape index (κ3) is 6.25. The highest BCUT2D eigenvalue weighted by Crippen LogP contribution is 2.25. The van der Waals surface area contributed by atoms with Crippen LogP contribution in [0.5, 0.6) is 17.2 Å². The summed E-state index contributed by atoms with van der Waals surface area (Å²) < 4.78 is 16.0. The number of nitrogens with one attached hydrogen (secondary N) is 2. The average molecular weight is 344 g/mol. The van der Waals surface area contributed by atoms with Crippen molar-refractivity contribution in [2.75, 3.05) is 33.9 Å². The Morgan fingerprint density at radius 2 is 1.68 bits per heavy atom. The second kappa shape index (κ2) is 10.1. The van der Waals surface area contributed by atoms with E-state index in [0.717, 1.165) is 17.7 Å². The Morgan fingerprint density at radius 3 is 2.44 bits per heavy atom. The van der Waals surface area contributed by atoms with Gasteiger partial charge in [-0.05, 0) is 36.2 Å². The molecule has 25 heavy (non-hydrogen) atoms. The van der Waals surface area contributed by atoms with E-state index >= 15 is 0 Å². The summed E-state index contributed by atoms with van der Waals surface area (Å²) in [5, 5.41) is 5.58. The third-order valence-corrected chi connectivity index (χ3v) is 3.55. The summed E-state index contributed by atoms with van der Waals surface area (Å²) in [5.74, 6) is 2.14. The number of carbonyl (C=O) groups is 1. The summed E-state index contributed by atoms with van der Waals surface area (Å²) in [5.41, 5.74) is 1.11. The lowest BCUT2D eigenvalue weighted by Crippen LogP contribution is -2.38. The van der Waals surface area contributed by atoms with Gasteiger partial charge < -0.3 is 24.8 Å². The number of hydrogen-bond donors (Lipinski definition) is 2. The monoisotopic (exact) mass is 344 g/mol. The molecule has 0 radical (unpaired) electrons. The van der Waals surface area contributed by atoms with E-state index in [4.69, 9.17) is 14.2 Å². The highest BCUT2D eigenvalue weighted by atomic mass is 16.5. The lowest BCUT2D eigenvalue weighted by molar-refractivity contribution is 0.235. The lowest BCUT2D eigenvalue weighted by Gasteiger charge is -2.11. The predicted octanol–water partition coefficient (Wildman–Crippen LogP) is 2.62. The molecular weight excluding hydrogens is 320 g/mol. The van der Waals surface area contributed by atoms with Crippen molar-refractivity contribution in [2.45, 2.75) is 6.42 Å². The van der Waals surface area contributed by atoms with Gasteiger partial charge in [-0.15, -0.1) is 0 Å². The van der Waals surface area contributed by atoms with E-state index in [2.05, 4.69) is 10.6 Å². The van der Waals surface area contributed by atoms with Crippen molar-refractivity contribution in [3.8, 4) is 17.2 Å². The van der Waals surface area contributed by atoms with Gasteiger partial charge >= 0.3 is 6.03 Å². The molecule has 2 aromatic rings. The van der Waals surface area contributed by atoms with Crippen molar-refractivity contribution in [1.82, 2.24) is 10.6 Å². The van der Waals surface area contributed by atoms with Gasteiger partial charge in [0.1, 0.15) is 12.4 Å². The zero-order valence-corrected chi connectivity index (χ0v) is 14.6. The number of hydrogen-bond acceptors (Lipinski definition) is 4. The first kappa shape index (κ1) is 18.4. The first-order valence-corrected chi connectivity index (χ1v) is 8.13. The smallest absolute Gasteiger partial charge is 0.314 e. The number of ether oxygens (including phenoxy) is 3. The molecule has 2 N–H and O–H groups in total. The van der Waals surface area contributed by atoms with Gasteiger partial charge in [-0.3, -0.25) is 0 Å². The quantitative estimate of drug-likeness (QED) is 0.686. The Kier molecular flexibility index (Phi) is 7.43. The first-order valence-electron chi connectivity index (χ1n) is 8.13. The number of para-hydroxylation sites is 2. The number of methoxy groups -OCH3 is 2. The average Bonchev–Trinajstić information content (AvgIpc) is 2.65. The minimum atomic E-state index is -0.216. The first-order chi connectivity index (χ1) is 12.2. The molecule has 0 aliphatic rings. The Labute approximate surface area is 148 Å². The molecule has 2 amide bonds. The van der Waals surface area contributed by atoms with Crippen molar-refractivity contribution >= 4 is 6.03 Å². The van der Waals surface area contributed by atoms with E-state index < -0.39 is 0 Å². The van der Waals surface area contributed by atoms with Crippen LogP contribution in [0.15, 0.2) is 48.5 Å². The normalized spacial score (nSPS) is 10.0. The number of benzene rings is 2. The van der Waals surface area contributed by atoms with Crippen LogP contribution in [0.2, 0.25) is 0 Å². The molecule has 134 valence electrons. The maximum Gasteiger partial charge on any atom is 0.314 e. The molecule has 0 bridgehead atoms. The SMILES string of the molecule is COc1cccc(CCNC(=O)NCCOc2ccccc2OC)c1. The van der Waals surface area contributed by atoms with E-state index in [1.165, 1.54) is 0 Å². The topological polar surface area (TPSA) is 68.8 Å². The molecule has 0 aromatic heterocycles. The van der Waals surface area contributed by atoms with Crippen LogP contribution in [-0.4, -0.2) is 39.9 Å². The molecule has 0 atom stereocenters. The molecular formula is C19H24N2O4. The second-order valence-corrected chi connectivity index (χ2v) is 5.28. The van der Waals surface area contributed by atoms with Crippen LogP contribution in [0.3, 0.4) is 0 Å². The molecule has 0 unspecified atom stereocenters. The molecule has 0 saturated carbocycles. The summed E-state index contributed by atoms with van der Waals surface area (Å²) in [6, 6.07) is 15.0. The van der Waals surface area contributed by atoms with Crippen molar-refractivity contribution in [1.29, 1.82) is 0 Å². The molecule has 0 fully saturated rings. The van der Waals surface area contributed by atoms with Gasteiger partial charge in [-0.25, -0.2) is 4.79 Å². The predicted molar refractivity (Wildman–Crippen MR) is 96.6 cm³/mol. The standard InChI is InChI=1S/C19H24N2O4/c1-23-16-7-5-6-15(14-16)10-11-20-19(22)21-12-13-25-18-9-4-3-8-17(18)24-2/h3-9,14H,10-13H2,1-2H3,(H2,20,21,22). The molecule has 0 aliphatic carbocycles. The maximum absolute atomic E-state index is 11.8. The number of carbonyl (C=O) groups excluding carboxylic acids is 1. The third-order valence-electron chi connectivity index (χ3n) is 3.55. The fourth-order valence-corrected chi connectivity index (χ4v) is 2.27. The van der Waals surface area contributed by atoms with Gasteiger partial charge in [0.15, 0.2) is 11.5 Å². The van der Waals surface area contributed by atoms with E-state index in [9.17, 15) is 4.79 Å².